The monoisotopic (exact) mass is 325 g/mol. The minimum absolute atomic E-state index is 0.308. The number of rotatable bonds is 5. The van der Waals surface area contributed by atoms with E-state index in [1.165, 1.54) is 0 Å². The molecule has 2 rings (SSSR count). The Hall–Kier alpha value is -1.25. The molecule has 0 spiro atoms. The van der Waals surface area contributed by atoms with E-state index in [1.807, 2.05) is 0 Å². The zero-order valence-electron chi connectivity index (χ0n) is 10.8. The first-order chi connectivity index (χ1) is 9.24. The van der Waals surface area contributed by atoms with Crippen LogP contribution in [-0.4, -0.2) is 26.4 Å². The molecular weight excluding hydrogens is 310 g/mol. The number of hydrogen-bond donors (Lipinski definition) is 0. The number of methoxy groups -OCH3 is 1. The highest BCUT2D eigenvalue weighted by Gasteiger charge is 2.17. The predicted octanol–water partition coefficient (Wildman–Crippen LogP) is 3.28. The summed E-state index contributed by atoms with van der Waals surface area (Å²) in [6.45, 7) is 1.43. The molecule has 1 atom stereocenters. The minimum atomic E-state index is 0.308. The molecule has 1 aliphatic heterocycles. The fraction of sp³-hybridized carbons (Fsp3) is 0.500. The molecule has 1 aromatic rings. The first kappa shape index (κ1) is 14.2. The zero-order valence-corrected chi connectivity index (χ0v) is 12.4. The van der Waals surface area contributed by atoms with Gasteiger partial charge in [-0.25, -0.2) is 0 Å². The van der Waals surface area contributed by atoms with Crippen molar-refractivity contribution in [3.63, 3.8) is 0 Å². The van der Waals surface area contributed by atoms with Crippen molar-refractivity contribution in [1.29, 1.82) is 5.26 Å². The second-order valence-electron chi connectivity index (χ2n) is 4.37. The van der Waals surface area contributed by atoms with Crippen LogP contribution in [0.25, 0.3) is 0 Å². The molecule has 1 saturated heterocycles. The van der Waals surface area contributed by atoms with Gasteiger partial charge in [-0.2, -0.15) is 5.26 Å². The predicted molar refractivity (Wildman–Crippen MR) is 74.5 cm³/mol. The molecule has 1 fully saturated rings. The van der Waals surface area contributed by atoms with Gasteiger partial charge in [0.1, 0.15) is 0 Å². The second kappa shape index (κ2) is 6.78. The molecule has 1 aliphatic rings. The average molecular weight is 326 g/mol. The Balaban J connectivity index is 2.00. The summed E-state index contributed by atoms with van der Waals surface area (Å²) in [6.07, 6.45) is 3.42. The maximum atomic E-state index is 8.91. The Bertz CT molecular complexity index is 478. The van der Waals surface area contributed by atoms with E-state index in [9.17, 15) is 0 Å². The summed E-state index contributed by atoms with van der Waals surface area (Å²) in [5.41, 5.74) is 0.537. The van der Waals surface area contributed by atoms with Gasteiger partial charge in [-0.1, -0.05) is 0 Å². The van der Waals surface area contributed by atoms with E-state index in [0.29, 0.717) is 29.8 Å². The highest BCUT2D eigenvalue weighted by Crippen LogP contribution is 2.36. The standard InChI is InChI=1S/C14H16BrNO3/c1-17-13-8-10(9-16)7-12(15)14(13)19-6-4-11-3-2-5-18-11/h7-8,11H,2-6H2,1H3/t11-/m1/s1. The maximum Gasteiger partial charge on any atom is 0.175 e. The first-order valence-corrected chi connectivity index (χ1v) is 7.06. The highest BCUT2D eigenvalue weighted by atomic mass is 79.9. The summed E-state index contributed by atoms with van der Waals surface area (Å²) in [5, 5.41) is 8.91. The molecule has 0 aliphatic carbocycles. The fourth-order valence-corrected chi connectivity index (χ4v) is 2.65. The maximum absolute atomic E-state index is 8.91. The Kier molecular flexibility index (Phi) is 5.06. The molecule has 0 saturated carbocycles. The van der Waals surface area contributed by atoms with Crippen molar-refractivity contribution >= 4 is 15.9 Å². The van der Waals surface area contributed by atoms with Gasteiger partial charge in [-0.15, -0.1) is 0 Å². The summed E-state index contributed by atoms with van der Waals surface area (Å²) >= 11 is 3.41. The van der Waals surface area contributed by atoms with Gasteiger partial charge in [0.25, 0.3) is 0 Å². The molecular formula is C14H16BrNO3. The van der Waals surface area contributed by atoms with E-state index in [2.05, 4.69) is 22.0 Å². The second-order valence-corrected chi connectivity index (χ2v) is 5.23. The topological polar surface area (TPSA) is 51.5 Å². The third-order valence-electron chi connectivity index (χ3n) is 3.07. The molecule has 0 bridgehead atoms. The molecule has 0 unspecified atom stereocenters. The molecule has 1 heterocycles. The number of benzene rings is 1. The SMILES string of the molecule is COc1cc(C#N)cc(Br)c1OCC[C@H]1CCCO1. The van der Waals surface area contributed by atoms with Gasteiger partial charge >= 0.3 is 0 Å². The Morgan fingerprint density at radius 1 is 1.53 bits per heavy atom. The molecule has 102 valence electrons. The quantitative estimate of drug-likeness (QED) is 0.833. The van der Waals surface area contributed by atoms with Crippen molar-refractivity contribution in [2.45, 2.75) is 25.4 Å². The zero-order chi connectivity index (χ0) is 13.7. The van der Waals surface area contributed by atoms with Crippen LogP contribution in [0.2, 0.25) is 0 Å². The van der Waals surface area contributed by atoms with E-state index < -0.39 is 0 Å². The smallest absolute Gasteiger partial charge is 0.175 e. The van der Waals surface area contributed by atoms with Gasteiger partial charge in [0, 0.05) is 19.1 Å². The van der Waals surface area contributed by atoms with Crippen LogP contribution in [0.4, 0.5) is 0 Å². The van der Waals surface area contributed by atoms with Crippen molar-refractivity contribution in [3.8, 4) is 17.6 Å². The minimum Gasteiger partial charge on any atom is -0.493 e. The third kappa shape index (κ3) is 3.62. The van der Waals surface area contributed by atoms with Crippen LogP contribution in [0.3, 0.4) is 0 Å². The van der Waals surface area contributed by atoms with Gasteiger partial charge in [0.15, 0.2) is 11.5 Å². The fourth-order valence-electron chi connectivity index (χ4n) is 2.09. The van der Waals surface area contributed by atoms with Crippen LogP contribution in [0.15, 0.2) is 16.6 Å². The largest absolute Gasteiger partial charge is 0.493 e. The van der Waals surface area contributed by atoms with Gasteiger partial charge in [0.2, 0.25) is 0 Å². The van der Waals surface area contributed by atoms with E-state index in [1.54, 1.807) is 19.2 Å². The molecule has 1 aromatic carbocycles. The molecule has 0 amide bonds. The summed E-state index contributed by atoms with van der Waals surface area (Å²) < 4.78 is 17.3. The molecule has 5 heteroatoms. The van der Waals surface area contributed by atoms with Crippen LogP contribution in [0, 0.1) is 11.3 Å². The number of halogens is 1. The molecule has 0 aromatic heterocycles. The molecule has 0 N–H and O–H groups in total. The van der Waals surface area contributed by atoms with Crippen LogP contribution >= 0.6 is 15.9 Å². The van der Waals surface area contributed by atoms with Gasteiger partial charge in [-0.05, 0) is 34.8 Å². The van der Waals surface area contributed by atoms with E-state index in [4.69, 9.17) is 19.5 Å². The molecule has 4 nitrogen and oxygen atoms in total. The van der Waals surface area contributed by atoms with E-state index in [-0.39, 0.29) is 0 Å². The van der Waals surface area contributed by atoms with Crippen molar-refractivity contribution < 1.29 is 14.2 Å². The lowest BCUT2D eigenvalue weighted by Crippen LogP contribution is -2.11. The third-order valence-corrected chi connectivity index (χ3v) is 3.66. The normalized spacial score (nSPS) is 18.1. The highest BCUT2D eigenvalue weighted by molar-refractivity contribution is 9.10. The Labute approximate surface area is 121 Å². The van der Waals surface area contributed by atoms with Crippen LogP contribution in [-0.2, 0) is 4.74 Å². The van der Waals surface area contributed by atoms with Crippen molar-refractivity contribution in [1.82, 2.24) is 0 Å². The van der Waals surface area contributed by atoms with Crippen LogP contribution < -0.4 is 9.47 Å². The van der Waals surface area contributed by atoms with E-state index in [0.717, 1.165) is 30.3 Å². The lowest BCUT2D eigenvalue weighted by molar-refractivity contribution is 0.0897. The van der Waals surface area contributed by atoms with Gasteiger partial charge in [-0.3, -0.25) is 0 Å². The van der Waals surface area contributed by atoms with Crippen LogP contribution in [0.1, 0.15) is 24.8 Å². The number of ether oxygens (including phenoxy) is 3. The van der Waals surface area contributed by atoms with Gasteiger partial charge in [0.05, 0.1) is 35.9 Å². The first-order valence-electron chi connectivity index (χ1n) is 6.26. The lowest BCUT2D eigenvalue weighted by Gasteiger charge is -2.14. The summed E-state index contributed by atoms with van der Waals surface area (Å²) in [7, 11) is 1.57. The van der Waals surface area contributed by atoms with Crippen molar-refractivity contribution in [2.75, 3.05) is 20.3 Å². The van der Waals surface area contributed by atoms with E-state index >= 15 is 0 Å². The van der Waals surface area contributed by atoms with Crippen molar-refractivity contribution in [2.24, 2.45) is 0 Å². The van der Waals surface area contributed by atoms with Crippen molar-refractivity contribution in [3.05, 3.63) is 22.2 Å². The molecule has 0 radical (unpaired) electrons. The van der Waals surface area contributed by atoms with Gasteiger partial charge < -0.3 is 14.2 Å². The number of nitriles is 1. The summed E-state index contributed by atoms with van der Waals surface area (Å²) in [4.78, 5) is 0. The number of hydrogen-bond acceptors (Lipinski definition) is 4. The summed E-state index contributed by atoms with van der Waals surface area (Å²) in [5.74, 6) is 1.21. The number of nitrogens with zero attached hydrogens (tertiary/aromatic N) is 1. The lowest BCUT2D eigenvalue weighted by atomic mass is 10.2. The Morgan fingerprint density at radius 2 is 2.37 bits per heavy atom. The molecule has 19 heavy (non-hydrogen) atoms. The van der Waals surface area contributed by atoms with Crippen LogP contribution in [0.5, 0.6) is 11.5 Å². The average Bonchev–Trinajstić information content (AvgIpc) is 2.93. The summed E-state index contributed by atoms with van der Waals surface area (Å²) in [6, 6.07) is 5.48. The Morgan fingerprint density at radius 3 is 3.00 bits per heavy atom.